The van der Waals surface area contributed by atoms with Gasteiger partial charge in [-0.2, -0.15) is 13.2 Å². The summed E-state index contributed by atoms with van der Waals surface area (Å²) in [4.78, 5) is 0. The number of rotatable bonds is 4. The number of aliphatic hydroxyl groups excluding tert-OH is 1. The molecule has 1 fully saturated rings. The van der Waals surface area contributed by atoms with Crippen molar-refractivity contribution in [1.82, 2.24) is 5.32 Å². The third-order valence-electron chi connectivity index (χ3n) is 4.01. The molecule has 2 rings (SSSR count). The first kappa shape index (κ1) is 15.3. The van der Waals surface area contributed by atoms with Gasteiger partial charge in [0.05, 0.1) is 18.6 Å². The molecule has 1 saturated carbocycles. The first-order valence-electron chi connectivity index (χ1n) is 6.99. The fraction of sp³-hybridized carbons (Fsp3) is 0.600. The summed E-state index contributed by atoms with van der Waals surface area (Å²) in [7, 11) is 0. The zero-order valence-corrected chi connectivity index (χ0v) is 11.2. The lowest BCUT2D eigenvalue weighted by Crippen LogP contribution is -2.39. The zero-order valence-electron chi connectivity index (χ0n) is 11.2. The maximum absolute atomic E-state index is 12.6. The molecule has 1 aliphatic rings. The van der Waals surface area contributed by atoms with E-state index in [1.54, 1.807) is 0 Å². The maximum atomic E-state index is 12.6. The summed E-state index contributed by atoms with van der Waals surface area (Å²) < 4.78 is 37.8. The second-order valence-corrected chi connectivity index (χ2v) is 5.40. The lowest BCUT2D eigenvalue weighted by atomic mass is 9.85. The SMILES string of the molecule is OC[C@@H](NC1CCC(C(F)(F)F)CC1)c1ccccc1. The lowest BCUT2D eigenvalue weighted by Gasteiger charge is -2.32. The van der Waals surface area contributed by atoms with Crippen molar-refractivity contribution in [2.75, 3.05) is 6.61 Å². The monoisotopic (exact) mass is 287 g/mol. The van der Waals surface area contributed by atoms with E-state index in [1.807, 2.05) is 30.3 Å². The van der Waals surface area contributed by atoms with Crippen LogP contribution in [0.5, 0.6) is 0 Å². The van der Waals surface area contributed by atoms with E-state index in [0.29, 0.717) is 12.8 Å². The summed E-state index contributed by atoms with van der Waals surface area (Å²) in [5, 5.41) is 12.7. The van der Waals surface area contributed by atoms with Gasteiger partial charge < -0.3 is 10.4 Å². The Morgan fingerprint density at radius 3 is 2.20 bits per heavy atom. The van der Waals surface area contributed by atoms with E-state index < -0.39 is 12.1 Å². The number of hydrogen-bond donors (Lipinski definition) is 2. The molecular weight excluding hydrogens is 267 g/mol. The molecule has 2 nitrogen and oxygen atoms in total. The summed E-state index contributed by atoms with van der Waals surface area (Å²) in [5.74, 6) is -1.16. The molecule has 0 aromatic heterocycles. The first-order valence-corrected chi connectivity index (χ1v) is 6.99. The smallest absolute Gasteiger partial charge is 0.391 e. The molecule has 1 aromatic carbocycles. The van der Waals surface area contributed by atoms with Gasteiger partial charge in [-0.05, 0) is 31.2 Å². The molecule has 1 aromatic rings. The Kier molecular flexibility index (Phi) is 5.05. The number of nitrogens with one attached hydrogen (secondary N) is 1. The van der Waals surface area contributed by atoms with Crippen molar-refractivity contribution >= 4 is 0 Å². The van der Waals surface area contributed by atoms with Gasteiger partial charge in [0.15, 0.2) is 0 Å². The van der Waals surface area contributed by atoms with Gasteiger partial charge in [0, 0.05) is 6.04 Å². The number of benzene rings is 1. The van der Waals surface area contributed by atoms with Crippen molar-refractivity contribution in [3.8, 4) is 0 Å². The molecule has 0 saturated heterocycles. The van der Waals surface area contributed by atoms with Crippen LogP contribution in [0.2, 0.25) is 0 Å². The summed E-state index contributed by atoms with van der Waals surface area (Å²) in [5.41, 5.74) is 0.966. The molecule has 0 unspecified atom stereocenters. The van der Waals surface area contributed by atoms with Crippen LogP contribution in [0.4, 0.5) is 13.2 Å². The van der Waals surface area contributed by atoms with Gasteiger partial charge in [0.1, 0.15) is 0 Å². The lowest BCUT2D eigenvalue weighted by molar-refractivity contribution is -0.182. The molecule has 0 heterocycles. The summed E-state index contributed by atoms with van der Waals surface area (Å²) in [6.07, 6.45) is -2.70. The predicted molar refractivity (Wildman–Crippen MR) is 71.2 cm³/mol. The minimum absolute atomic E-state index is 0.0472. The predicted octanol–water partition coefficient (Wildman–Crippen LogP) is 3.43. The van der Waals surface area contributed by atoms with Crippen molar-refractivity contribution < 1.29 is 18.3 Å². The molecule has 0 amide bonds. The Morgan fingerprint density at radius 2 is 1.70 bits per heavy atom. The van der Waals surface area contributed by atoms with Crippen LogP contribution in [-0.2, 0) is 0 Å². The molecule has 0 aliphatic heterocycles. The van der Waals surface area contributed by atoms with E-state index in [0.717, 1.165) is 5.56 Å². The van der Waals surface area contributed by atoms with Crippen LogP contribution in [0, 0.1) is 5.92 Å². The van der Waals surface area contributed by atoms with Crippen molar-refractivity contribution in [3.63, 3.8) is 0 Å². The Balaban J connectivity index is 1.88. The molecule has 20 heavy (non-hydrogen) atoms. The van der Waals surface area contributed by atoms with Gasteiger partial charge in [-0.1, -0.05) is 30.3 Å². The largest absolute Gasteiger partial charge is 0.394 e. The average Bonchev–Trinajstić information content (AvgIpc) is 2.45. The van der Waals surface area contributed by atoms with Crippen molar-refractivity contribution in [2.45, 2.75) is 43.9 Å². The highest BCUT2D eigenvalue weighted by Crippen LogP contribution is 2.37. The van der Waals surface area contributed by atoms with Crippen molar-refractivity contribution in [2.24, 2.45) is 5.92 Å². The van der Waals surface area contributed by atoms with E-state index >= 15 is 0 Å². The number of aliphatic hydroxyl groups is 1. The number of halogens is 3. The van der Waals surface area contributed by atoms with Crippen LogP contribution in [-0.4, -0.2) is 23.9 Å². The molecule has 5 heteroatoms. The van der Waals surface area contributed by atoms with Gasteiger partial charge in [-0.3, -0.25) is 0 Å². The summed E-state index contributed by atoms with van der Waals surface area (Å²) in [6.45, 7) is -0.0524. The van der Waals surface area contributed by atoms with E-state index in [4.69, 9.17) is 0 Å². The molecular formula is C15H20F3NO. The fourth-order valence-corrected chi connectivity index (χ4v) is 2.81. The van der Waals surface area contributed by atoms with Gasteiger partial charge in [-0.25, -0.2) is 0 Å². The number of alkyl halides is 3. The Labute approximate surface area is 117 Å². The van der Waals surface area contributed by atoms with Crippen molar-refractivity contribution in [3.05, 3.63) is 35.9 Å². The third-order valence-corrected chi connectivity index (χ3v) is 4.01. The Hall–Kier alpha value is -1.07. The molecule has 112 valence electrons. The highest BCUT2D eigenvalue weighted by atomic mass is 19.4. The standard InChI is InChI=1S/C15H20F3NO/c16-15(17,18)12-6-8-13(9-7-12)19-14(10-20)11-4-2-1-3-5-11/h1-5,12-14,19-20H,6-10H2/t12?,13?,14-/m1/s1. The highest BCUT2D eigenvalue weighted by molar-refractivity contribution is 5.19. The average molecular weight is 287 g/mol. The maximum Gasteiger partial charge on any atom is 0.391 e. The molecule has 0 bridgehead atoms. The van der Waals surface area contributed by atoms with E-state index in [2.05, 4.69) is 5.32 Å². The van der Waals surface area contributed by atoms with Crippen LogP contribution in [0.25, 0.3) is 0 Å². The first-order chi connectivity index (χ1) is 9.50. The molecule has 1 aliphatic carbocycles. The highest BCUT2D eigenvalue weighted by Gasteiger charge is 2.41. The van der Waals surface area contributed by atoms with E-state index in [1.165, 1.54) is 0 Å². The minimum atomic E-state index is -4.07. The van der Waals surface area contributed by atoms with Crippen LogP contribution < -0.4 is 5.32 Å². The second-order valence-electron chi connectivity index (χ2n) is 5.40. The normalized spacial score (nSPS) is 25.4. The van der Waals surface area contributed by atoms with Crippen LogP contribution in [0.1, 0.15) is 37.3 Å². The van der Waals surface area contributed by atoms with Crippen molar-refractivity contribution in [1.29, 1.82) is 0 Å². The topological polar surface area (TPSA) is 32.3 Å². The zero-order chi connectivity index (χ0) is 14.6. The molecule has 0 spiro atoms. The van der Waals surface area contributed by atoms with Gasteiger partial charge >= 0.3 is 6.18 Å². The van der Waals surface area contributed by atoms with Gasteiger partial charge in [0.2, 0.25) is 0 Å². The number of hydrogen-bond acceptors (Lipinski definition) is 2. The van der Waals surface area contributed by atoms with E-state index in [-0.39, 0.29) is 31.5 Å². The molecule has 1 atom stereocenters. The quantitative estimate of drug-likeness (QED) is 0.889. The fourth-order valence-electron chi connectivity index (χ4n) is 2.81. The van der Waals surface area contributed by atoms with E-state index in [9.17, 15) is 18.3 Å². The molecule has 0 radical (unpaired) electrons. The van der Waals surface area contributed by atoms with Crippen LogP contribution in [0.15, 0.2) is 30.3 Å². The molecule has 2 N–H and O–H groups in total. The van der Waals surface area contributed by atoms with Crippen LogP contribution >= 0.6 is 0 Å². The summed E-state index contributed by atoms with van der Waals surface area (Å²) in [6, 6.07) is 9.34. The Bertz CT molecular complexity index is 399. The minimum Gasteiger partial charge on any atom is -0.394 e. The second kappa shape index (κ2) is 6.59. The van der Waals surface area contributed by atoms with Gasteiger partial charge in [-0.15, -0.1) is 0 Å². The Morgan fingerprint density at radius 1 is 1.10 bits per heavy atom. The third kappa shape index (κ3) is 3.96. The van der Waals surface area contributed by atoms with Crippen LogP contribution in [0.3, 0.4) is 0 Å². The summed E-state index contributed by atoms with van der Waals surface area (Å²) >= 11 is 0. The van der Waals surface area contributed by atoms with Gasteiger partial charge in [0.25, 0.3) is 0 Å².